The number of hydrogen-bond acceptors (Lipinski definition) is 3. The van der Waals surface area contributed by atoms with Gasteiger partial charge in [0.15, 0.2) is 12.6 Å². The van der Waals surface area contributed by atoms with Gasteiger partial charge in [0.2, 0.25) is 0 Å². The van der Waals surface area contributed by atoms with Gasteiger partial charge in [-0.1, -0.05) is 12.1 Å². The largest absolute Gasteiger partial charge is 0.484 e. The molecule has 0 aliphatic heterocycles. The van der Waals surface area contributed by atoms with E-state index >= 15 is 0 Å². The molecule has 9 heteroatoms. The van der Waals surface area contributed by atoms with E-state index in [2.05, 4.69) is 15.6 Å². The van der Waals surface area contributed by atoms with Gasteiger partial charge in [-0.15, -0.1) is 24.0 Å². The van der Waals surface area contributed by atoms with Crippen LogP contribution in [0.2, 0.25) is 0 Å². The van der Waals surface area contributed by atoms with E-state index in [0.29, 0.717) is 18.1 Å². The summed E-state index contributed by atoms with van der Waals surface area (Å²) in [5, 5.41) is 6.17. The highest BCUT2D eigenvalue weighted by molar-refractivity contribution is 14.0. The molecule has 0 aromatic heterocycles. The predicted molar refractivity (Wildman–Crippen MR) is 107 cm³/mol. The molecule has 2 N–H and O–H groups in total. The molecule has 0 bridgehead atoms. The fourth-order valence-corrected chi connectivity index (χ4v) is 1.87. The van der Waals surface area contributed by atoms with Crippen LogP contribution in [0.5, 0.6) is 5.75 Å². The highest BCUT2D eigenvalue weighted by atomic mass is 127. The van der Waals surface area contributed by atoms with Crippen LogP contribution in [-0.4, -0.2) is 45.0 Å². The van der Waals surface area contributed by atoms with Gasteiger partial charge in [0.1, 0.15) is 5.75 Å². The van der Waals surface area contributed by atoms with Crippen molar-refractivity contribution in [3.8, 4) is 5.75 Å². The summed E-state index contributed by atoms with van der Waals surface area (Å²) < 4.78 is 47.5. The number of alkyl halides is 3. The Balaban J connectivity index is 0.00000625. The van der Waals surface area contributed by atoms with E-state index in [9.17, 15) is 13.2 Å². The minimum Gasteiger partial charge on any atom is -0.484 e. The van der Waals surface area contributed by atoms with Gasteiger partial charge in [-0.25, -0.2) is 0 Å². The molecule has 0 radical (unpaired) electrons. The number of rotatable bonds is 7. The molecule has 1 aromatic carbocycles. The molecule has 0 unspecified atom stereocenters. The first kappa shape index (κ1) is 24.8. The Bertz CT molecular complexity index is 593. The zero-order chi connectivity index (χ0) is 19.1. The third-order valence-corrected chi connectivity index (χ3v) is 3.52. The van der Waals surface area contributed by atoms with Gasteiger partial charge in [-0.3, -0.25) is 4.99 Å². The molecule has 0 spiro atoms. The molecule has 1 aromatic rings. The van der Waals surface area contributed by atoms with Crippen molar-refractivity contribution >= 4 is 29.9 Å². The number of methoxy groups -OCH3 is 1. The van der Waals surface area contributed by atoms with E-state index in [4.69, 9.17) is 9.47 Å². The SMILES string of the molecule is CN=C(NCc1ccc(C)cc1OCC(F)(F)F)NCC(C)(C)OC.I. The van der Waals surface area contributed by atoms with E-state index in [0.717, 1.165) is 5.56 Å². The Morgan fingerprint density at radius 1 is 1.19 bits per heavy atom. The topological polar surface area (TPSA) is 54.9 Å². The van der Waals surface area contributed by atoms with Crippen molar-refractivity contribution in [3.05, 3.63) is 29.3 Å². The molecule has 0 saturated heterocycles. The molecule has 0 aliphatic rings. The normalized spacial score (nSPS) is 12.4. The molecule has 0 heterocycles. The number of ether oxygens (including phenoxy) is 2. The van der Waals surface area contributed by atoms with Gasteiger partial charge < -0.3 is 20.1 Å². The lowest BCUT2D eigenvalue weighted by molar-refractivity contribution is -0.153. The smallest absolute Gasteiger partial charge is 0.422 e. The molecule has 1 rings (SSSR count). The summed E-state index contributed by atoms with van der Waals surface area (Å²) in [5.41, 5.74) is 1.07. The van der Waals surface area contributed by atoms with Crippen molar-refractivity contribution in [2.75, 3.05) is 27.3 Å². The summed E-state index contributed by atoms with van der Waals surface area (Å²) in [5.74, 6) is 0.727. The lowest BCUT2D eigenvalue weighted by Gasteiger charge is -2.24. The van der Waals surface area contributed by atoms with Crippen LogP contribution in [0.15, 0.2) is 23.2 Å². The number of aryl methyl sites for hydroxylation is 1. The van der Waals surface area contributed by atoms with Gasteiger partial charge in [0.05, 0.1) is 5.60 Å². The molecule has 0 saturated carbocycles. The van der Waals surface area contributed by atoms with Crippen LogP contribution in [0, 0.1) is 6.92 Å². The van der Waals surface area contributed by atoms with Crippen LogP contribution in [0.3, 0.4) is 0 Å². The summed E-state index contributed by atoms with van der Waals surface area (Å²) in [4.78, 5) is 4.09. The fourth-order valence-electron chi connectivity index (χ4n) is 1.87. The fraction of sp³-hybridized carbons (Fsp3) is 0.588. The first-order chi connectivity index (χ1) is 11.6. The van der Waals surface area contributed by atoms with E-state index in [1.54, 1.807) is 33.2 Å². The van der Waals surface area contributed by atoms with Crippen LogP contribution in [0.4, 0.5) is 13.2 Å². The third kappa shape index (κ3) is 9.46. The van der Waals surface area contributed by atoms with Crippen molar-refractivity contribution in [1.82, 2.24) is 10.6 Å². The lowest BCUT2D eigenvalue weighted by atomic mass is 10.1. The Labute approximate surface area is 169 Å². The van der Waals surface area contributed by atoms with Crippen molar-refractivity contribution in [3.63, 3.8) is 0 Å². The van der Waals surface area contributed by atoms with Crippen LogP contribution < -0.4 is 15.4 Å². The Morgan fingerprint density at radius 2 is 1.85 bits per heavy atom. The van der Waals surface area contributed by atoms with E-state index < -0.39 is 12.8 Å². The Morgan fingerprint density at radius 3 is 2.38 bits per heavy atom. The van der Waals surface area contributed by atoms with Crippen LogP contribution in [-0.2, 0) is 11.3 Å². The highest BCUT2D eigenvalue weighted by Crippen LogP contribution is 2.23. The van der Waals surface area contributed by atoms with E-state index in [1.807, 2.05) is 19.9 Å². The molecule has 0 amide bonds. The van der Waals surface area contributed by atoms with Gasteiger partial charge in [-0.05, 0) is 32.4 Å². The van der Waals surface area contributed by atoms with Gasteiger partial charge in [0, 0.05) is 32.8 Å². The average molecular weight is 489 g/mol. The monoisotopic (exact) mass is 489 g/mol. The Kier molecular flexibility index (Phi) is 10.3. The zero-order valence-electron chi connectivity index (χ0n) is 15.7. The number of nitrogens with zero attached hydrogens (tertiary/aromatic N) is 1. The maximum atomic E-state index is 12.4. The molecule has 0 fully saturated rings. The van der Waals surface area contributed by atoms with Crippen molar-refractivity contribution < 1.29 is 22.6 Å². The van der Waals surface area contributed by atoms with Crippen LogP contribution >= 0.6 is 24.0 Å². The predicted octanol–water partition coefficient (Wildman–Crippen LogP) is 3.64. The summed E-state index contributed by atoms with van der Waals surface area (Å²) in [6, 6.07) is 5.15. The maximum absolute atomic E-state index is 12.4. The zero-order valence-corrected chi connectivity index (χ0v) is 18.0. The number of hydrogen-bond donors (Lipinski definition) is 2. The molecule has 0 aliphatic carbocycles. The average Bonchev–Trinajstić information content (AvgIpc) is 2.53. The number of aliphatic imine (C=N–C) groups is 1. The second kappa shape index (κ2) is 10.8. The second-order valence-electron chi connectivity index (χ2n) is 6.26. The van der Waals surface area contributed by atoms with Gasteiger partial charge in [-0.2, -0.15) is 13.2 Å². The molecule has 26 heavy (non-hydrogen) atoms. The van der Waals surface area contributed by atoms with Crippen molar-refractivity contribution in [2.24, 2.45) is 4.99 Å². The summed E-state index contributed by atoms with van der Waals surface area (Å²) >= 11 is 0. The number of halogens is 4. The first-order valence-electron chi connectivity index (χ1n) is 7.85. The number of benzene rings is 1. The number of guanidine groups is 1. The van der Waals surface area contributed by atoms with E-state index in [-0.39, 0.29) is 41.9 Å². The van der Waals surface area contributed by atoms with Crippen LogP contribution in [0.1, 0.15) is 25.0 Å². The van der Waals surface area contributed by atoms with Gasteiger partial charge >= 0.3 is 6.18 Å². The Hall–Kier alpha value is -1.23. The quantitative estimate of drug-likeness (QED) is 0.349. The molecular weight excluding hydrogens is 462 g/mol. The summed E-state index contributed by atoms with van der Waals surface area (Å²) in [6.45, 7) is 5.13. The molecule has 150 valence electrons. The van der Waals surface area contributed by atoms with Crippen molar-refractivity contribution in [1.29, 1.82) is 0 Å². The molecule has 0 atom stereocenters. The standard InChI is InChI=1S/C17H26F3N3O2.HI/c1-12-6-7-13(14(8-12)25-11-17(18,19)20)9-22-15(21-4)23-10-16(2,3)24-5;/h6-8H,9-11H2,1-5H3,(H2,21,22,23);1H. The van der Waals surface area contributed by atoms with Gasteiger partial charge in [0.25, 0.3) is 0 Å². The minimum atomic E-state index is -4.38. The summed E-state index contributed by atoms with van der Waals surface area (Å²) in [7, 11) is 3.24. The molecular formula is C17H27F3IN3O2. The minimum absolute atomic E-state index is 0. The third-order valence-electron chi connectivity index (χ3n) is 3.52. The van der Waals surface area contributed by atoms with Crippen molar-refractivity contribution in [2.45, 2.75) is 39.1 Å². The second-order valence-corrected chi connectivity index (χ2v) is 6.26. The van der Waals surface area contributed by atoms with Crippen LogP contribution in [0.25, 0.3) is 0 Å². The van der Waals surface area contributed by atoms with E-state index in [1.165, 1.54) is 0 Å². The number of nitrogens with one attached hydrogen (secondary N) is 2. The lowest BCUT2D eigenvalue weighted by Crippen LogP contribution is -2.45. The maximum Gasteiger partial charge on any atom is 0.422 e. The first-order valence-corrected chi connectivity index (χ1v) is 7.85. The summed E-state index contributed by atoms with van der Waals surface area (Å²) in [6.07, 6.45) is -4.38. The molecule has 5 nitrogen and oxygen atoms in total. The highest BCUT2D eigenvalue weighted by Gasteiger charge is 2.28.